The Morgan fingerprint density at radius 1 is 1.26 bits per heavy atom. The van der Waals surface area contributed by atoms with Gasteiger partial charge in [0.1, 0.15) is 0 Å². The van der Waals surface area contributed by atoms with Gasteiger partial charge in [-0.25, -0.2) is 0 Å². The molecule has 1 heterocycles. The molecule has 2 atom stereocenters. The van der Waals surface area contributed by atoms with E-state index in [1.807, 2.05) is 0 Å². The van der Waals surface area contributed by atoms with E-state index in [2.05, 4.69) is 35.2 Å². The van der Waals surface area contributed by atoms with Gasteiger partial charge >= 0.3 is 0 Å². The number of piperidine rings is 1. The second kappa shape index (κ2) is 7.63. The maximum atomic E-state index is 9.27. The molecule has 0 spiro atoms. The zero-order valence-corrected chi connectivity index (χ0v) is 11.7. The lowest BCUT2D eigenvalue weighted by Gasteiger charge is -2.41. The van der Waals surface area contributed by atoms with Crippen molar-refractivity contribution in [1.29, 1.82) is 0 Å². The van der Waals surface area contributed by atoms with Crippen molar-refractivity contribution < 1.29 is 5.11 Å². The van der Waals surface area contributed by atoms with Crippen LogP contribution in [0.25, 0.3) is 0 Å². The number of aliphatic hydroxyl groups is 1. The topological polar surface area (TPSA) is 49.5 Å². The zero-order valence-electron chi connectivity index (χ0n) is 11.7. The zero-order chi connectivity index (χ0) is 13.5. The highest BCUT2D eigenvalue weighted by Crippen LogP contribution is 2.31. The SMILES string of the molecule is NCCC(c1ccccc1)N1CCCCC1CCO. The largest absolute Gasteiger partial charge is 0.396 e. The molecule has 0 amide bonds. The molecule has 0 radical (unpaired) electrons. The van der Waals surface area contributed by atoms with E-state index in [1.165, 1.54) is 24.8 Å². The summed E-state index contributed by atoms with van der Waals surface area (Å²) < 4.78 is 0. The summed E-state index contributed by atoms with van der Waals surface area (Å²) in [4.78, 5) is 2.57. The van der Waals surface area contributed by atoms with E-state index in [-0.39, 0.29) is 6.61 Å². The van der Waals surface area contributed by atoms with Crippen LogP contribution in [0.2, 0.25) is 0 Å². The lowest BCUT2D eigenvalue weighted by atomic mass is 9.93. The predicted molar refractivity (Wildman–Crippen MR) is 78.9 cm³/mol. The van der Waals surface area contributed by atoms with Crippen molar-refractivity contribution in [3.63, 3.8) is 0 Å². The Balaban J connectivity index is 2.16. The van der Waals surface area contributed by atoms with Crippen LogP contribution in [0.3, 0.4) is 0 Å². The van der Waals surface area contributed by atoms with Gasteiger partial charge in [0.25, 0.3) is 0 Å². The maximum Gasteiger partial charge on any atom is 0.0445 e. The van der Waals surface area contributed by atoms with Gasteiger partial charge in [-0.1, -0.05) is 36.8 Å². The number of nitrogens with two attached hydrogens (primary N) is 1. The molecule has 0 bridgehead atoms. The Bertz CT molecular complexity index is 353. The lowest BCUT2D eigenvalue weighted by Crippen LogP contribution is -2.43. The first-order chi connectivity index (χ1) is 9.36. The third kappa shape index (κ3) is 3.78. The third-order valence-electron chi connectivity index (χ3n) is 4.16. The second-order valence-corrected chi connectivity index (χ2v) is 5.40. The van der Waals surface area contributed by atoms with Gasteiger partial charge in [-0.2, -0.15) is 0 Å². The van der Waals surface area contributed by atoms with Crippen LogP contribution in [0.5, 0.6) is 0 Å². The van der Waals surface area contributed by atoms with E-state index in [4.69, 9.17) is 5.73 Å². The van der Waals surface area contributed by atoms with Gasteiger partial charge in [-0.15, -0.1) is 0 Å². The number of nitrogens with zero attached hydrogens (tertiary/aromatic N) is 1. The molecule has 3 N–H and O–H groups in total. The summed E-state index contributed by atoms with van der Waals surface area (Å²) in [6.07, 6.45) is 5.62. The van der Waals surface area contributed by atoms with Crippen molar-refractivity contribution in [3.05, 3.63) is 35.9 Å². The Kier molecular flexibility index (Phi) is 5.83. The van der Waals surface area contributed by atoms with E-state index in [9.17, 15) is 5.11 Å². The average molecular weight is 262 g/mol. The van der Waals surface area contributed by atoms with E-state index in [0.29, 0.717) is 18.6 Å². The number of likely N-dealkylation sites (tertiary alicyclic amines) is 1. The van der Waals surface area contributed by atoms with Crippen LogP contribution in [-0.2, 0) is 0 Å². The Labute approximate surface area is 116 Å². The van der Waals surface area contributed by atoms with Crippen LogP contribution in [-0.4, -0.2) is 35.7 Å². The van der Waals surface area contributed by atoms with Gasteiger partial charge in [0, 0.05) is 18.7 Å². The van der Waals surface area contributed by atoms with Crippen molar-refractivity contribution in [2.24, 2.45) is 5.73 Å². The molecule has 106 valence electrons. The molecule has 3 nitrogen and oxygen atoms in total. The van der Waals surface area contributed by atoms with Crippen LogP contribution in [0.1, 0.15) is 43.7 Å². The third-order valence-corrected chi connectivity index (χ3v) is 4.16. The molecule has 0 aromatic heterocycles. The molecule has 1 aromatic carbocycles. The van der Waals surface area contributed by atoms with E-state index in [0.717, 1.165) is 19.4 Å². The van der Waals surface area contributed by atoms with Crippen LogP contribution in [0.15, 0.2) is 30.3 Å². The maximum absolute atomic E-state index is 9.27. The summed E-state index contributed by atoms with van der Waals surface area (Å²) >= 11 is 0. The fourth-order valence-electron chi connectivity index (χ4n) is 3.25. The summed E-state index contributed by atoms with van der Waals surface area (Å²) in [6, 6.07) is 11.6. The highest BCUT2D eigenvalue weighted by Gasteiger charge is 2.28. The van der Waals surface area contributed by atoms with E-state index < -0.39 is 0 Å². The minimum Gasteiger partial charge on any atom is -0.396 e. The minimum atomic E-state index is 0.283. The van der Waals surface area contributed by atoms with Crippen LogP contribution in [0.4, 0.5) is 0 Å². The molecule has 1 fully saturated rings. The first-order valence-electron chi connectivity index (χ1n) is 7.48. The predicted octanol–water partition coefficient (Wildman–Crippen LogP) is 2.31. The van der Waals surface area contributed by atoms with Gasteiger partial charge in [-0.3, -0.25) is 4.90 Å². The van der Waals surface area contributed by atoms with Crippen molar-refractivity contribution >= 4 is 0 Å². The van der Waals surface area contributed by atoms with Crippen molar-refractivity contribution in [2.75, 3.05) is 19.7 Å². The molecule has 0 aliphatic carbocycles. The molecule has 3 heteroatoms. The lowest BCUT2D eigenvalue weighted by molar-refractivity contribution is 0.0718. The molecule has 0 saturated carbocycles. The first kappa shape index (κ1) is 14.5. The number of hydrogen-bond donors (Lipinski definition) is 2. The summed E-state index contributed by atoms with van der Waals surface area (Å²) in [5.41, 5.74) is 7.18. The van der Waals surface area contributed by atoms with Crippen molar-refractivity contribution in [1.82, 2.24) is 4.90 Å². The van der Waals surface area contributed by atoms with Crippen molar-refractivity contribution in [3.8, 4) is 0 Å². The number of benzene rings is 1. The summed E-state index contributed by atoms with van der Waals surface area (Å²) in [6.45, 7) is 2.12. The van der Waals surface area contributed by atoms with Crippen LogP contribution >= 0.6 is 0 Å². The van der Waals surface area contributed by atoms with Gasteiger partial charge in [0.05, 0.1) is 0 Å². The summed E-state index contributed by atoms with van der Waals surface area (Å²) in [5.74, 6) is 0. The van der Waals surface area contributed by atoms with Gasteiger partial charge in [-0.05, 0) is 44.3 Å². The molecule has 1 aliphatic heterocycles. The number of hydrogen-bond acceptors (Lipinski definition) is 3. The van der Waals surface area contributed by atoms with Crippen LogP contribution in [0, 0.1) is 0 Å². The number of aliphatic hydroxyl groups excluding tert-OH is 1. The quantitative estimate of drug-likeness (QED) is 0.827. The first-order valence-corrected chi connectivity index (χ1v) is 7.48. The molecular formula is C16H26N2O. The molecular weight excluding hydrogens is 236 g/mol. The van der Waals surface area contributed by atoms with E-state index in [1.54, 1.807) is 0 Å². The molecule has 1 saturated heterocycles. The monoisotopic (exact) mass is 262 g/mol. The van der Waals surface area contributed by atoms with Gasteiger partial charge in [0.15, 0.2) is 0 Å². The molecule has 1 aliphatic rings. The average Bonchev–Trinajstić information content (AvgIpc) is 2.47. The minimum absolute atomic E-state index is 0.283. The standard InChI is InChI=1S/C16H26N2O/c17-11-9-16(14-6-2-1-3-7-14)18-12-5-4-8-15(18)10-13-19/h1-3,6-7,15-16,19H,4-5,8-13,17H2. The van der Waals surface area contributed by atoms with Gasteiger partial charge in [0.2, 0.25) is 0 Å². The van der Waals surface area contributed by atoms with Gasteiger partial charge < -0.3 is 10.8 Å². The Morgan fingerprint density at radius 2 is 2.05 bits per heavy atom. The van der Waals surface area contributed by atoms with E-state index >= 15 is 0 Å². The summed E-state index contributed by atoms with van der Waals surface area (Å²) in [5, 5.41) is 9.27. The fourth-order valence-corrected chi connectivity index (χ4v) is 3.25. The van der Waals surface area contributed by atoms with Crippen LogP contribution < -0.4 is 5.73 Å². The Morgan fingerprint density at radius 3 is 2.74 bits per heavy atom. The van der Waals surface area contributed by atoms with Crippen molar-refractivity contribution in [2.45, 2.75) is 44.2 Å². The highest BCUT2D eigenvalue weighted by molar-refractivity contribution is 5.19. The molecule has 2 unspecified atom stereocenters. The summed E-state index contributed by atoms with van der Waals surface area (Å²) in [7, 11) is 0. The number of rotatable bonds is 6. The molecule has 2 rings (SSSR count). The molecule has 19 heavy (non-hydrogen) atoms. The smallest absolute Gasteiger partial charge is 0.0445 e. The fraction of sp³-hybridized carbons (Fsp3) is 0.625. The Hall–Kier alpha value is -0.900. The normalized spacial score (nSPS) is 22.3. The highest BCUT2D eigenvalue weighted by atomic mass is 16.3. The molecule has 1 aromatic rings. The second-order valence-electron chi connectivity index (χ2n) is 5.40.